The Balaban J connectivity index is 1.55. The number of nitrogens with zero attached hydrogens (tertiary/aromatic N) is 5. The van der Waals surface area contributed by atoms with Crippen molar-refractivity contribution in [2.75, 3.05) is 46.8 Å². The van der Waals surface area contributed by atoms with Crippen LogP contribution in [-0.4, -0.2) is 90.4 Å². The summed E-state index contributed by atoms with van der Waals surface area (Å²) in [7, 11) is 4.96. The number of carbonyl (C=O) groups excluding carboxylic acids is 3. The maximum Gasteiger partial charge on any atom is 0.411 e. The van der Waals surface area contributed by atoms with Gasteiger partial charge in [0.1, 0.15) is 24.9 Å². The average molecular weight is 678 g/mol. The van der Waals surface area contributed by atoms with Gasteiger partial charge in [0.2, 0.25) is 0 Å². The molecular formula is C33H40FN9O6. The Bertz CT molecular complexity index is 1800. The number of amidine groups is 1. The van der Waals surface area contributed by atoms with Gasteiger partial charge in [-0.3, -0.25) is 14.6 Å². The van der Waals surface area contributed by atoms with Crippen LogP contribution in [0.4, 0.5) is 14.9 Å². The van der Waals surface area contributed by atoms with Crippen LogP contribution in [-0.2, 0) is 27.7 Å². The zero-order chi connectivity index (χ0) is 35.7. The summed E-state index contributed by atoms with van der Waals surface area (Å²) in [5.41, 5.74) is 15.6. The number of likely N-dealkylation sites (N-methyl/N-ethyl adjacent to an activating group) is 2. The van der Waals surface area contributed by atoms with E-state index < -0.39 is 24.8 Å². The number of alkyl halides is 1. The SMILES string of the molecule is CN/C=C\C=C(\COC(=O)CNC)C(C)N(C)C(=O)OCn1cc(-c2cnc(-c3cc(C(C)=O)c(N)cc3CF)c3c2OCN=C3N)cn1. The average Bonchev–Trinajstić information content (AvgIpc) is 3.56. The van der Waals surface area contributed by atoms with E-state index in [2.05, 4.69) is 25.7 Å². The summed E-state index contributed by atoms with van der Waals surface area (Å²) in [4.78, 5) is 47.3. The number of ether oxygens (including phenoxy) is 3. The Labute approximate surface area is 282 Å². The van der Waals surface area contributed by atoms with Crippen molar-refractivity contribution < 1.29 is 33.0 Å². The number of amides is 1. The molecule has 0 fully saturated rings. The number of nitrogen functional groups attached to an aromatic ring is 1. The zero-order valence-electron chi connectivity index (χ0n) is 27.9. The van der Waals surface area contributed by atoms with Gasteiger partial charge in [0.25, 0.3) is 0 Å². The highest BCUT2D eigenvalue weighted by atomic mass is 19.1. The van der Waals surface area contributed by atoms with Crippen LogP contribution in [0, 0.1) is 0 Å². The van der Waals surface area contributed by atoms with E-state index in [4.69, 9.17) is 25.7 Å². The van der Waals surface area contributed by atoms with Gasteiger partial charge in [-0.2, -0.15) is 5.10 Å². The van der Waals surface area contributed by atoms with E-state index in [1.54, 1.807) is 58.8 Å². The van der Waals surface area contributed by atoms with Gasteiger partial charge in [0.15, 0.2) is 19.2 Å². The third-order valence-electron chi connectivity index (χ3n) is 7.75. The van der Waals surface area contributed by atoms with Crippen molar-refractivity contribution in [3.8, 4) is 28.1 Å². The van der Waals surface area contributed by atoms with E-state index in [1.807, 2.05) is 0 Å². The summed E-state index contributed by atoms with van der Waals surface area (Å²) < 4.78 is 32.3. The molecule has 6 N–H and O–H groups in total. The van der Waals surface area contributed by atoms with Gasteiger partial charge in [-0.25, -0.2) is 18.9 Å². The monoisotopic (exact) mass is 677 g/mol. The fourth-order valence-corrected chi connectivity index (χ4v) is 4.98. The summed E-state index contributed by atoms with van der Waals surface area (Å²) in [6, 6.07) is 2.43. The van der Waals surface area contributed by atoms with Gasteiger partial charge in [-0.15, -0.1) is 0 Å². The molecule has 0 bridgehead atoms. The van der Waals surface area contributed by atoms with Crippen LogP contribution in [0.1, 0.15) is 35.3 Å². The molecule has 2 aromatic heterocycles. The number of anilines is 1. The Kier molecular flexibility index (Phi) is 12.0. The van der Waals surface area contributed by atoms with E-state index in [0.29, 0.717) is 33.6 Å². The van der Waals surface area contributed by atoms with E-state index >= 15 is 0 Å². The highest BCUT2D eigenvalue weighted by molar-refractivity contribution is 6.08. The van der Waals surface area contributed by atoms with Gasteiger partial charge in [0, 0.05) is 54.4 Å². The lowest BCUT2D eigenvalue weighted by Crippen LogP contribution is -2.38. The molecule has 0 saturated heterocycles. The number of aromatic nitrogens is 3. The third kappa shape index (κ3) is 8.39. The first-order valence-electron chi connectivity index (χ1n) is 15.2. The number of ketones is 1. The smallest absolute Gasteiger partial charge is 0.411 e. The van der Waals surface area contributed by atoms with Crippen LogP contribution in [0.2, 0.25) is 0 Å². The number of nitrogens with one attached hydrogen (secondary N) is 2. The molecule has 3 aromatic rings. The molecule has 0 aliphatic carbocycles. The molecule has 16 heteroatoms. The minimum absolute atomic E-state index is 0.0182. The number of hydrogen-bond acceptors (Lipinski definition) is 13. The van der Waals surface area contributed by atoms with Crippen molar-refractivity contribution >= 4 is 29.4 Å². The number of Topliss-reactive ketones (excluding diaryl/α,β-unsaturated/α-hetero) is 1. The molecule has 1 atom stereocenters. The van der Waals surface area contributed by atoms with Gasteiger partial charge in [0.05, 0.1) is 30.0 Å². The van der Waals surface area contributed by atoms with E-state index in [0.717, 1.165) is 0 Å². The molecule has 260 valence electrons. The Hall–Kier alpha value is -5.77. The molecule has 1 amide bonds. The molecule has 0 spiro atoms. The number of pyridine rings is 1. The second-order valence-corrected chi connectivity index (χ2v) is 11.0. The normalized spacial score (nSPS) is 13.3. The first-order valence-corrected chi connectivity index (χ1v) is 15.2. The molecule has 3 heterocycles. The standard InChI is InChI=1S/C33H40FN9O6/c1-19(21(7-6-8-37-3)16-47-28(45)14-38-4)42(5)33(46)49-18-43-15-23(12-41-43)26-13-39-30(29-31(26)48-17-40-32(29)36)25-10-24(20(2)44)27(35)9-22(25)11-34/h6-10,12-13,15,19,37-38H,11,14,16-18,35H2,1-5H3,(H2,36,40)/b8-6-,21-7-. The van der Waals surface area contributed by atoms with Crippen LogP contribution in [0.15, 0.2) is 59.6 Å². The van der Waals surface area contributed by atoms with E-state index in [1.165, 1.54) is 34.8 Å². The molecule has 4 rings (SSSR count). The predicted molar refractivity (Wildman–Crippen MR) is 181 cm³/mol. The topological polar surface area (TPSA) is 201 Å². The lowest BCUT2D eigenvalue weighted by Gasteiger charge is -2.26. The Morgan fingerprint density at radius 1 is 1.18 bits per heavy atom. The molecular weight excluding hydrogens is 637 g/mol. The lowest BCUT2D eigenvalue weighted by molar-refractivity contribution is -0.141. The number of allylic oxidation sites excluding steroid dienone is 2. The fourth-order valence-electron chi connectivity index (χ4n) is 4.98. The van der Waals surface area contributed by atoms with Crippen molar-refractivity contribution in [1.82, 2.24) is 30.3 Å². The van der Waals surface area contributed by atoms with Crippen molar-refractivity contribution in [1.29, 1.82) is 0 Å². The number of benzene rings is 1. The van der Waals surface area contributed by atoms with Crippen molar-refractivity contribution in [3.05, 3.63) is 71.3 Å². The van der Waals surface area contributed by atoms with Gasteiger partial charge in [-0.1, -0.05) is 6.08 Å². The van der Waals surface area contributed by atoms with Gasteiger partial charge >= 0.3 is 12.1 Å². The van der Waals surface area contributed by atoms with Gasteiger partial charge in [-0.05, 0) is 56.4 Å². The second kappa shape index (κ2) is 16.4. The number of aliphatic imine (C=N–C) groups is 1. The molecule has 1 aromatic carbocycles. The number of fused-ring (bicyclic) bond motifs is 1. The second-order valence-electron chi connectivity index (χ2n) is 11.0. The first-order chi connectivity index (χ1) is 23.5. The molecule has 1 aliphatic heterocycles. The molecule has 49 heavy (non-hydrogen) atoms. The predicted octanol–water partition coefficient (Wildman–Crippen LogP) is 2.76. The maximum absolute atomic E-state index is 14.1. The van der Waals surface area contributed by atoms with Crippen molar-refractivity contribution in [2.45, 2.75) is 33.3 Å². The van der Waals surface area contributed by atoms with Crippen LogP contribution < -0.4 is 26.8 Å². The highest BCUT2D eigenvalue weighted by Crippen LogP contribution is 2.40. The Morgan fingerprint density at radius 2 is 1.96 bits per heavy atom. The fraction of sp³-hybridized carbons (Fsp3) is 0.333. The molecule has 1 unspecified atom stereocenters. The quantitative estimate of drug-likeness (QED) is 0.0843. The summed E-state index contributed by atoms with van der Waals surface area (Å²) in [6.07, 6.45) is 9.27. The zero-order valence-corrected chi connectivity index (χ0v) is 27.9. The molecule has 0 saturated carbocycles. The maximum atomic E-state index is 14.1. The first kappa shape index (κ1) is 36.1. The summed E-state index contributed by atoms with van der Waals surface area (Å²) >= 11 is 0. The summed E-state index contributed by atoms with van der Waals surface area (Å²) in [6.45, 7) is 2.06. The number of nitrogens with two attached hydrogens (primary N) is 2. The number of rotatable bonds is 14. The third-order valence-corrected chi connectivity index (χ3v) is 7.75. The molecule has 15 nitrogen and oxygen atoms in total. The Morgan fingerprint density at radius 3 is 2.65 bits per heavy atom. The largest absolute Gasteiger partial charge is 0.470 e. The van der Waals surface area contributed by atoms with Crippen LogP contribution in [0.5, 0.6) is 5.75 Å². The summed E-state index contributed by atoms with van der Waals surface area (Å²) in [5, 5.41) is 9.94. The number of carbonyl (C=O) groups is 3. The number of halogens is 1. The number of esters is 1. The molecule has 0 radical (unpaired) electrons. The van der Waals surface area contributed by atoms with Crippen LogP contribution in [0.3, 0.4) is 0 Å². The molecule has 1 aliphatic rings. The van der Waals surface area contributed by atoms with Crippen LogP contribution >= 0.6 is 0 Å². The lowest BCUT2D eigenvalue weighted by atomic mass is 9.93. The van der Waals surface area contributed by atoms with E-state index in [9.17, 15) is 18.8 Å². The minimum Gasteiger partial charge on any atom is -0.470 e. The summed E-state index contributed by atoms with van der Waals surface area (Å²) in [5.74, 6) is -0.246. The number of hydrogen-bond donors (Lipinski definition) is 4. The van der Waals surface area contributed by atoms with Gasteiger partial charge < -0.3 is 41.2 Å². The van der Waals surface area contributed by atoms with Crippen molar-refractivity contribution in [2.24, 2.45) is 10.7 Å². The van der Waals surface area contributed by atoms with Crippen molar-refractivity contribution in [3.63, 3.8) is 0 Å². The minimum atomic E-state index is -0.859. The van der Waals surface area contributed by atoms with E-state index in [-0.39, 0.29) is 60.7 Å². The van der Waals surface area contributed by atoms with Crippen LogP contribution in [0.25, 0.3) is 22.4 Å². The highest BCUT2D eigenvalue weighted by Gasteiger charge is 2.27.